The second kappa shape index (κ2) is 7.75. The Morgan fingerprint density at radius 1 is 1.24 bits per heavy atom. The third kappa shape index (κ3) is 6.44. The van der Waals surface area contributed by atoms with Gasteiger partial charge in [-0.15, -0.1) is 0 Å². The molecule has 0 radical (unpaired) electrons. The lowest BCUT2D eigenvalue weighted by atomic mass is 9.81. The summed E-state index contributed by atoms with van der Waals surface area (Å²) >= 11 is 0. The zero-order valence-corrected chi connectivity index (χ0v) is 14.7. The predicted octanol–water partition coefficient (Wildman–Crippen LogP) is 2.66. The lowest BCUT2D eigenvalue weighted by Crippen LogP contribution is -2.36. The Kier molecular flexibility index (Phi) is 7.33. The summed E-state index contributed by atoms with van der Waals surface area (Å²) in [5.41, 5.74) is 0.620. The highest BCUT2D eigenvalue weighted by Gasteiger charge is 2.27. The van der Waals surface area contributed by atoms with E-state index in [1.807, 2.05) is 41.5 Å². The summed E-state index contributed by atoms with van der Waals surface area (Å²) < 4.78 is 22.3. The van der Waals surface area contributed by atoms with Gasteiger partial charge in [0, 0.05) is 11.6 Å². The summed E-state index contributed by atoms with van der Waals surface area (Å²) in [6, 6.07) is 0. The normalized spacial score (nSPS) is 16.9. The van der Waals surface area contributed by atoms with Crippen molar-refractivity contribution in [2.45, 2.75) is 54.4 Å². The summed E-state index contributed by atoms with van der Waals surface area (Å²) in [5, 5.41) is 7.89. The minimum atomic E-state index is -3.61. The van der Waals surface area contributed by atoms with Gasteiger partial charge in [0.15, 0.2) is 0 Å². The van der Waals surface area contributed by atoms with Gasteiger partial charge in [-0.25, -0.2) is 13.6 Å². The molecule has 5 nitrogen and oxygen atoms in total. The van der Waals surface area contributed by atoms with Gasteiger partial charge in [0.1, 0.15) is 0 Å². The van der Waals surface area contributed by atoms with Crippen LogP contribution in [0.2, 0.25) is 0 Å². The molecule has 1 aliphatic rings. The number of hydrogen-bond acceptors (Lipinski definition) is 3. The molecule has 0 aromatic heterocycles. The maximum Gasteiger partial charge on any atom is 0.234 e. The van der Waals surface area contributed by atoms with Gasteiger partial charge in [-0.3, -0.25) is 4.79 Å². The van der Waals surface area contributed by atoms with Gasteiger partial charge in [0.25, 0.3) is 0 Å². The summed E-state index contributed by atoms with van der Waals surface area (Å²) in [4.78, 5) is 12.2. The van der Waals surface area contributed by atoms with Crippen molar-refractivity contribution < 1.29 is 13.2 Å². The Balaban J connectivity index is 0.00000191. The number of hydrogen-bond donors (Lipinski definition) is 2. The van der Waals surface area contributed by atoms with E-state index in [1.165, 1.54) is 6.08 Å². The van der Waals surface area contributed by atoms with Crippen molar-refractivity contribution in [3.05, 3.63) is 22.8 Å². The molecule has 0 aromatic rings. The second-order valence-electron chi connectivity index (χ2n) is 5.95. The largest absolute Gasteiger partial charge is 0.330 e. The van der Waals surface area contributed by atoms with Crippen LogP contribution in [0.4, 0.5) is 0 Å². The zero-order valence-electron chi connectivity index (χ0n) is 13.9. The maximum absolute atomic E-state index is 12.0. The molecule has 0 heterocycles. The highest BCUT2D eigenvalue weighted by molar-refractivity contribution is 7.93. The predicted molar refractivity (Wildman–Crippen MR) is 86.6 cm³/mol. The number of carbonyl (C=O) groups is 1. The zero-order chi connectivity index (χ0) is 16.8. The number of amides is 1. The minimum Gasteiger partial charge on any atom is -0.330 e. The van der Waals surface area contributed by atoms with Crippen LogP contribution in [-0.2, 0) is 14.8 Å². The fourth-order valence-electron chi connectivity index (χ4n) is 1.62. The molecule has 0 aromatic carbocycles. The van der Waals surface area contributed by atoms with Crippen LogP contribution in [-0.4, -0.2) is 14.3 Å². The van der Waals surface area contributed by atoms with Crippen LogP contribution in [0.1, 0.15) is 54.4 Å². The number of sulfonamides is 1. The average molecular weight is 316 g/mol. The van der Waals surface area contributed by atoms with E-state index in [9.17, 15) is 13.2 Å². The van der Waals surface area contributed by atoms with E-state index in [4.69, 9.17) is 5.14 Å². The molecule has 1 atom stereocenters. The molecule has 0 spiro atoms. The molecule has 0 fully saturated rings. The Bertz CT molecular complexity index is 526. The standard InChI is InChI=1S/C13H22N2O3S.C2H6/c1-9(13(2,3)4)12(16)15-10-5-7-11(8-6-10)19(14,17)18;1-2/h5,7,9H,6,8H2,1-4H3,(H,15,16)(H2,14,17,18);1-2H3. The molecule has 0 saturated carbocycles. The van der Waals surface area contributed by atoms with Gasteiger partial charge in [0.2, 0.25) is 15.9 Å². The van der Waals surface area contributed by atoms with E-state index >= 15 is 0 Å². The van der Waals surface area contributed by atoms with E-state index in [-0.39, 0.29) is 22.1 Å². The first kappa shape index (κ1) is 19.9. The third-order valence-corrected chi connectivity index (χ3v) is 4.52. The second-order valence-corrected chi connectivity index (χ2v) is 7.56. The summed E-state index contributed by atoms with van der Waals surface area (Å²) in [5.74, 6) is -0.178. The number of carbonyl (C=O) groups excluding carboxylic acids is 1. The molecule has 1 aliphatic carbocycles. The van der Waals surface area contributed by atoms with E-state index in [1.54, 1.807) is 6.08 Å². The summed E-state index contributed by atoms with van der Waals surface area (Å²) in [6.07, 6.45) is 3.87. The van der Waals surface area contributed by atoms with Crippen molar-refractivity contribution >= 4 is 15.9 Å². The Morgan fingerprint density at radius 3 is 2.10 bits per heavy atom. The van der Waals surface area contributed by atoms with Crippen molar-refractivity contribution in [3.8, 4) is 0 Å². The van der Waals surface area contributed by atoms with E-state index in [0.29, 0.717) is 12.8 Å². The first-order valence-electron chi connectivity index (χ1n) is 7.25. The quantitative estimate of drug-likeness (QED) is 0.839. The fourth-order valence-corrected chi connectivity index (χ4v) is 2.26. The number of nitrogens with two attached hydrogens (primary N) is 1. The van der Waals surface area contributed by atoms with E-state index in [0.717, 1.165) is 5.70 Å². The van der Waals surface area contributed by atoms with Gasteiger partial charge in [0.05, 0.1) is 4.91 Å². The average Bonchev–Trinajstić information content (AvgIpc) is 2.38. The van der Waals surface area contributed by atoms with Gasteiger partial charge in [-0.1, -0.05) is 41.5 Å². The van der Waals surface area contributed by atoms with Crippen molar-refractivity contribution in [3.63, 3.8) is 0 Å². The lowest BCUT2D eigenvalue weighted by molar-refractivity contribution is -0.126. The molecular weight excluding hydrogens is 288 g/mol. The summed E-state index contributed by atoms with van der Waals surface area (Å²) in [6.45, 7) is 11.9. The van der Waals surface area contributed by atoms with Crippen molar-refractivity contribution in [2.24, 2.45) is 16.5 Å². The lowest BCUT2D eigenvalue weighted by Gasteiger charge is -2.27. The molecule has 1 unspecified atom stereocenters. The Labute approximate surface area is 128 Å². The number of allylic oxidation sites excluding steroid dienone is 4. The molecule has 3 N–H and O–H groups in total. The minimum absolute atomic E-state index is 0.0498. The summed E-state index contributed by atoms with van der Waals surface area (Å²) in [7, 11) is -3.61. The van der Waals surface area contributed by atoms with Gasteiger partial charge in [-0.2, -0.15) is 0 Å². The van der Waals surface area contributed by atoms with Crippen LogP contribution in [0.25, 0.3) is 0 Å². The molecule has 0 aliphatic heterocycles. The molecule has 122 valence electrons. The molecule has 0 saturated heterocycles. The van der Waals surface area contributed by atoms with Crippen LogP contribution in [0, 0.1) is 11.3 Å². The molecule has 6 heteroatoms. The Morgan fingerprint density at radius 2 is 1.76 bits per heavy atom. The third-order valence-electron chi connectivity index (χ3n) is 3.45. The van der Waals surface area contributed by atoms with Crippen molar-refractivity contribution in [2.75, 3.05) is 0 Å². The van der Waals surface area contributed by atoms with E-state index < -0.39 is 10.0 Å². The van der Waals surface area contributed by atoms with Crippen LogP contribution in [0.3, 0.4) is 0 Å². The van der Waals surface area contributed by atoms with Crippen LogP contribution in [0.5, 0.6) is 0 Å². The smallest absolute Gasteiger partial charge is 0.234 e. The highest BCUT2D eigenvalue weighted by Crippen LogP contribution is 2.26. The topological polar surface area (TPSA) is 89.3 Å². The van der Waals surface area contributed by atoms with Gasteiger partial charge >= 0.3 is 0 Å². The SMILES string of the molecule is CC.CC(C(=O)NC1=CC=C(S(N)(=O)=O)CC1)C(C)(C)C. The first-order chi connectivity index (χ1) is 9.51. The Hall–Kier alpha value is -1.14. The highest BCUT2D eigenvalue weighted by atomic mass is 32.2. The van der Waals surface area contributed by atoms with Crippen molar-refractivity contribution in [1.82, 2.24) is 5.32 Å². The number of rotatable bonds is 3. The first-order valence-corrected chi connectivity index (χ1v) is 8.80. The maximum atomic E-state index is 12.0. The fraction of sp³-hybridized carbons (Fsp3) is 0.667. The van der Waals surface area contributed by atoms with Gasteiger partial charge in [-0.05, 0) is 30.4 Å². The van der Waals surface area contributed by atoms with E-state index in [2.05, 4.69) is 5.32 Å². The number of primary sulfonamides is 1. The molecule has 1 amide bonds. The molecule has 21 heavy (non-hydrogen) atoms. The van der Waals surface area contributed by atoms with Crippen LogP contribution >= 0.6 is 0 Å². The molecule has 0 bridgehead atoms. The molecule has 1 rings (SSSR count). The molecular formula is C15H28N2O3S. The van der Waals surface area contributed by atoms with Gasteiger partial charge < -0.3 is 5.32 Å². The monoisotopic (exact) mass is 316 g/mol. The number of nitrogens with one attached hydrogen (secondary N) is 1. The van der Waals surface area contributed by atoms with Crippen LogP contribution < -0.4 is 10.5 Å². The van der Waals surface area contributed by atoms with Crippen molar-refractivity contribution in [1.29, 1.82) is 0 Å². The van der Waals surface area contributed by atoms with Crippen LogP contribution in [0.15, 0.2) is 22.8 Å².